The number of pyridine rings is 1. The summed E-state index contributed by atoms with van der Waals surface area (Å²) in [7, 11) is 0. The molecule has 2 heterocycles. The van der Waals surface area contributed by atoms with Gasteiger partial charge in [-0.2, -0.15) is 0 Å². The van der Waals surface area contributed by atoms with Gasteiger partial charge in [-0.3, -0.25) is 14.6 Å². The van der Waals surface area contributed by atoms with Gasteiger partial charge in [0.05, 0.1) is 23.4 Å². The minimum absolute atomic E-state index is 0.0113. The Bertz CT molecular complexity index is 529. The largest absolute Gasteiger partial charge is 0.478 e. The number of amides is 2. The van der Waals surface area contributed by atoms with E-state index in [0.29, 0.717) is 5.69 Å². The Kier molecular flexibility index (Phi) is 2.97. The Morgan fingerprint density at radius 1 is 1.44 bits per heavy atom. The molecular weight excluding hydrogens is 238 g/mol. The fraction of sp³-hybridized carbons (Fsp3) is 0.273. The van der Waals surface area contributed by atoms with Crippen LogP contribution in [0.5, 0.6) is 0 Å². The van der Waals surface area contributed by atoms with Gasteiger partial charge in [-0.1, -0.05) is 0 Å². The van der Waals surface area contributed by atoms with E-state index in [9.17, 15) is 14.4 Å². The van der Waals surface area contributed by atoms with Crippen molar-refractivity contribution in [1.82, 2.24) is 4.98 Å². The Hall–Kier alpha value is -2.44. The van der Waals surface area contributed by atoms with Crippen molar-refractivity contribution < 1.29 is 19.5 Å². The van der Waals surface area contributed by atoms with Crippen LogP contribution in [0.25, 0.3) is 0 Å². The van der Waals surface area contributed by atoms with Crippen molar-refractivity contribution in [2.24, 2.45) is 11.7 Å². The molecule has 0 aromatic carbocycles. The Balaban J connectivity index is 2.27. The van der Waals surface area contributed by atoms with Gasteiger partial charge in [-0.25, -0.2) is 4.79 Å². The predicted molar refractivity (Wildman–Crippen MR) is 60.9 cm³/mol. The number of aromatic nitrogens is 1. The van der Waals surface area contributed by atoms with Crippen LogP contribution in [-0.4, -0.2) is 34.4 Å². The van der Waals surface area contributed by atoms with E-state index in [4.69, 9.17) is 10.8 Å². The summed E-state index contributed by atoms with van der Waals surface area (Å²) in [6.45, 7) is 0.166. The van der Waals surface area contributed by atoms with E-state index in [1.54, 1.807) is 0 Å². The van der Waals surface area contributed by atoms with Crippen molar-refractivity contribution in [3.63, 3.8) is 0 Å². The predicted octanol–water partition coefficient (Wildman–Crippen LogP) is -0.382. The average Bonchev–Trinajstić information content (AvgIpc) is 2.72. The highest BCUT2D eigenvalue weighted by Crippen LogP contribution is 2.24. The highest BCUT2D eigenvalue weighted by molar-refractivity contribution is 6.00. The maximum absolute atomic E-state index is 11.7. The van der Waals surface area contributed by atoms with Gasteiger partial charge in [0.1, 0.15) is 0 Å². The van der Waals surface area contributed by atoms with Crippen LogP contribution in [0.3, 0.4) is 0 Å². The molecule has 2 amide bonds. The smallest absolute Gasteiger partial charge is 0.337 e. The molecule has 3 N–H and O–H groups in total. The number of nitrogens with zero attached hydrogens (tertiary/aromatic N) is 2. The van der Waals surface area contributed by atoms with Crippen molar-refractivity contribution in [3.05, 3.63) is 24.0 Å². The van der Waals surface area contributed by atoms with E-state index in [-0.39, 0.29) is 24.4 Å². The minimum Gasteiger partial charge on any atom is -0.478 e. The Morgan fingerprint density at radius 3 is 2.72 bits per heavy atom. The molecule has 7 heteroatoms. The molecule has 1 unspecified atom stereocenters. The van der Waals surface area contributed by atoms with Crippen molar-refractivity contribution >= 4 is 23.5 Å². The Morgan fingerprint density at radius 2 is 2.17 bits per heavy atom. The number of carbonyl (C=O) groups excluding carboxylic acids is 2. The molecule has 1 fully saturated rings. The lowest BCUT2D eigenvalue weighted by molar-refractivity contribution is -0.123. The van der Waals surface area contributed by atoms with Crippen LogP contribution in [0.1, 0.15) is 16.8 Å². The fourth-order valence-corrected chi connectivity index (χ4v) is 1.84. The van der Waals surface area contributed by atoms with Gasteiger partial charge >= 0.3 is 5.97 Å². The standard InChI is InChI=1S/C11H11N3O4/c12-10(16)7-2-9(15)14(5-7)8-1-6(11(17)18)3-13-4-8/h1,3-4,7H,2,5H2,(H2,12,16)(H,17,18). The third kappa shape index (κ3) is 2.15. The van der Waals surface area contributed by atoms with E-state index < -0.39 is 17.8 Å². The van der Waals surface area contributed by atoms with Gasteiger partial charge in [-0.15, -0.1) is 0 Å². The second-order valence-electron chi connectivity index (χ2n) is 4.04. The monoisotopic (exact) mass is 249 g/mol. The molecule has 0 radical (unpaired) electrons. The molecule has 2 rings (SSSR count). The summed E-state index contributed by atoms with van der Waals surface area (Å²) in [5.41, 5.74) is 5.50. The van der Waals surface area contributed by atoms with E-state index in [0.717, 1.165) is 0 Å². The van der Waals surface area contributed by atoms with E-state index >= 15 is 0 Å². The number of rotatable bonds is 3. The van der Waals surface area contributed by atoms with Gasteiger partial charge in [0.15, 0.2) is 0 Å². The second-order valence-corrected chi connectivity index (χ2v) is 4.04. The normalized spacial score (nSPS) is 19.0. The number of anilines is 1. The number of hydrogen-bond donors (Lipinski definition) is 2. The topological polar surface area (TPSA) is 114 Å². The molecule has 0 aliphatic carbocycles. The van der Waals surface area contributed by atoms with Crippen LogP contribution in [0.2, 0.25) is 0 Å². The minimum atomic E-state index is -1.12. The summed E-state index contributed by atoms with van der Waals surface area (Å²) in [6.07, 6.45) is 2.62. The fourth-order valence-electron chi connectivity index (χ4n) is 1.84. The third-order valence-corrected chi connectivity index (χ3v) is 2.81. The van der Waals surface area contributed by atoms with Crippen molar-refractivity contribution in [2.45, 2.75) is 6.42 Å². The summed E-state index contributed by atoms with van der Waals surface area (Å²) >= 11 is 0. The van der Waals surface area contributed by atoms with Crippen LogP contribution in [0.4, 0.5) is 5.69 Å². The maximum atomic E-state index is 11.7. The quantitative estimate of drug-likeness (QED) is 0.757. The Labute approximate surface area is 102 Å². The lowest BCUT2D eigenvalue weighted by Gasteiger charge is -2.15. The first-order valence-corrected chi connectivity index (χ1v) is 5.27. The molecule has 1 saturated heterocycles. The van der Waals surface area contributed by atoms with E-state index in [1.807, 2.05) is 0 Å². The zero-order chi connectivity index (χ0) is 13.3. The van der Waals surface area contributed by atoms with Crippen LogP contribution in [-0.2, 0) is 9.59 Å². The molecule has 1 aromatic heterocycles. The lowest BCUT2D eigenvalue weighted by atomic mass is 10.1. The number of carboxylic acids is 1. The van der Waals surface area contributed by atoms with Gasteiger partial charge in [0.2, 0.25) is 11.8 Å². The molecule has 94 valence electrons. The first-order chi connectivity index (χ1) is 8.49. The number of primary amides is 1. The van der Waals surface area contributed by atoms with Crippen LogP contribution >= 0.6 is 0 Å². The number of nitrogens with two attached hydrogens (primary N) is 1. The molecular formula is C11H11N3O4. The van der Waals surface area contributed by atoms with Crippen molar-refractivity contribution in [2.75, 3.05) is 11.4 Å². The maximum Gasteiger partial charge on any atom is 0.337 e. The number of carbonyl (C=O) groups is 3. The molecule has 18 heavy (non-hydrogen) atoms. The van der Waals surface area contributed by atoms with Gasteiger partial charge in [0.25, 0.3) is 0 Å². The summed E-state index contributed by atoms with van der Waals surface area (Å²) < 4.78 is 0. The zero-order valence-electron chi connectivity index (χ0n) is 9.37. The lowest BCUT2D eigenvalue weighted by Crippen LogP contribution is -2.28. The SMILES string of the molecule is NC(=O)C1CC(=O)N(c2cncc(C(=O)O)c2)C1. The van der Waals surface area contributed by atoms with Crippen LogP contribution in [0, 0.1) is 5.92 Å². The van der Waals surface area contributed by atoms with E-state index in [2.05, 4.69) is 4.98 Å². The van der Waals surface area contributed by atoms with Crippen molar-refractivity contribution in [3.8, 4) is 0 Å². The van der Waals surface area contributed by atoms with Crippen LogP contribution < -0.4 is 10.6 Å². The first-order valence-electron chi connectivity index (χ1n) is 5.27. The summed E-state index contributed by atoms with van der Waals surface area (Å²) in [6, 6.07) is 1.34. The van der Waals surface area contributed by atoms with E-state index in [1.165, 1.54) is 23.4 Å². The molecule has 0 spiro atoms. The molecule has 1 aliphatic rings. The average molecular weight is 249 g/mol. The molecule has 1 aliphatic heterocycles. The number of carboxylic acid groups (broad SMARTS) is 1. The molecule has 7 nitrogen and oxygen atoms in total. The number of hydrogen-bond acceptors (Lipinski definition) is 4. The van der Waals surface area contributed by atoms with Gasteiger partial charge in [-0.05, 0) is 6.07 Å². The summed E-state index contributed by atoms with van der Waals surface area (Å²) in [5.74, 6) is -2.45. The second kappa shape index (κ2) is 4.44. The number of aromatic carboxylic acids is 1. The zero-order valence-corrected chi connectivity index (χ0v) is 9.37. The van der Waals surface area contributed by atoms with Gasteiger partial charge < -0.3 is 15.7 Å². The highest BCUT2D eigenvalue weighted by Gasteiger charge is 2.34. The molecule has 1 aromatic rings. The molecule has 1 atom stereocenters. The highest BCUT2D eigenvalue weighted by atomic mass is 16.4. The summed E-state index contributed by atoms with van der Waals surface area (Å²) in [5, 5.41) is 8.84. The van der Waals surface area contributed by atoms with Crippen LogP contribution in [0.15, 0.2) is 18.5 Å². The summed E-state index contributed by atoms with van der Waals surface area (Å²) in [4.78, 5) is 38.6. The third-order valence-electron chi connectivity index (χ3n) is 2.81. The molecule has 0 saturated carbocycles. The molecule has 0 bridgehead atoms. The first kappa shape index (κ1) is 12.0. The van der Waals surface area contributed by atoms with Crippen molar-refractivity contribution in [1.29, 1.82) is 0 Å². The van der Waals surface area contributed by atoms with Gasteiger partial charge in [0, 0.05) is 19.2 Å².